The molecule has 96 valence electrons. The van der Waals surface area contributed by atoms with Crippen LogP contribution in [0.3, 0.4) is 0 Å². The molecule has 0 aromatic heterocycles. The molecule has 1 atom stereocenters. The van der Waals surface area contributed by atoms with Crippen molar-refractivity contribution in [1.82, 2.24) is 15.5 Å². The van der Waals surface area contributed by atoms with Gasteiger partial charge in [-0.25, -0.2) is 0 Å². The molecule has 2 N–H and O–H groups in total. The number of nitrogens with one attached hydrogen (secondary N) is 2. The molecule has 3 saturated heterocycles. The van der Waals surface area contributed by atoms with Crippen molar-refractivity contribution in [1.29, 1.82) is 0 Å². The minimum Gasteiger partial charge on any atom is -0.353 e. The van der Waals surface area contributed by atoms with Gasteiger partial charge in [0.05, 0.1) is 0 Å². The van der Waals surface area contributed by atoms with Crippen molar-refractivity contribution in [2.45, 2.75) is 44.2 Å². The standard InChI is InChI=1S/C13H23N3O/c17-13(15-11-1-2-11)3-6-14-12-9-16-7-4-10(12)5-8-16/h10-12,14H,1-9H2,(H,15,17). The molecule has 4 heteroatoms. The van der Waals surface area contributed by atoms with E-state index in [-0.39, 0.29) is 5.91 Å². The minimum atomic E-state index is 0.223. The monoisotopic (exact) mass is 237 g/mol. The van der Waals surface area contributed by atoms with Gasteiger partial charge in [0.1, 0.15) is 0 Å². The van der Waals surface area contributed by atoms with Crippen LogP contribution in [0, 0.1) is 5.92 Å². The maximum Gasteiger partial charge on any atom is 0.221 e. The Balaban J connectivity index is 1.35. The Hall–Kier alpha value is -0.610. The number of rotatable bonds is 5. The Labute approximate surface area is 103 Å². The molecule has 0 spiro atoms. The summed E-state index contributed by atoms with van der Waals surface area (Å²) in [6.45, 7) is 4.60. The van der Waals surface area contributed by atoms with Gasteiger partial charge >= 0.3 is 0 Å². The first kappa shape index (κ1) is 11.5. The molecule has 17 heavy (non-hydrogen) atoms. The molecule has 4 fully saturated rings. The molecule has 0 aromatic rings. The van der Waals surface area contributed by atoms with Gasteiger partial charge in [-0.3, -0.25) is 4.79 Å². The Morgan fingerprint density at radius 3 is 2.53 bits per heavy atom. The highest BCUT2D eigenvalue weighted by Crippen LogP contribution is 2.27. The quantitative estimate of drug-likeness (QED) is 0.725. The number of nitrogens with zero attached hydrogens (tertiary/aromatic N) is 1. The zero-order chi connectivity index (χ0) is 11.7. The van der Waals surface area contributed by atoms with Crippen molar-refractivity contribution >= 4 is 5.91 Å². The molecule has 1 aliphatic carbocycles. The normalized spacial score (nSPS) is 35.9. The molecule has 1 unspecified atom stereocenters. The average molecular weight is 237 g/mol. The summed E-state index contributed by atoms with van der Waals surface area (Å²) in [5.41, 5.74) is 0. The number of fused-ring (bicyclic) bond motifs is 3. The summed E-state index contributed by atoms with van der Waals surface area (Å²) in [5.74, 6) is 1.08. The first-order chi connectivity index (χ1) is 8.31. The van der Waals surface area contributed by atoms with Crippen molar-refractivity contribution < 1.29 is 4.79 Å². The highest BCUT2D eigenvalue weighted by atomic mass is 16.1. The lowest BCUT2D eigenvalue weighted by Crippen LogP contribution is -2.56. The van der Waals surface area contributed by atoms with Gasteiger partial charge in [0, 0.05) is 31.6 Å². The zero-order valence-electron chi connectivity index (χ0n) is 10.5. The molecule has 0 aromatic carbocycles. The van der Waals surface area contributed by atoms with E-state index in [0.29, 0.717) is 18.5 Å². The van der Waals surface area contributed by atoms with Gasteiger partial charge in [-0.15, -0.1) is 0 Å². The van der Waals surface area contributed by atoms with E-state index in [2.05, 4.69) is 15.5 Å². The Morgan fingerprint density at radius 2 is 1.94 bits per heavy atom. The van der Waals surface area contributed by atoms with Crippen LogP contribution in [0.5, 0.6) is 0 Å². The molecule has 1 amide bonds. The molecule has 0 radical (unpaired) electrons. The van der Waals surface area contributed by atoms with E-state index in [9.17, 15) is 4.79 Å². The van der Waals surface area contributed by atoms with E-state index in [1.165, 1.54) is 45.3 Å². The summed E-state index contributed by atoms with van der Waals surface area (Å²) < 4.78 is 0. The van der Waals surface area contributed by atoms with E-state index in [4.69, 9.17) is 0 Å². The third-order valence-corrected chi connectivity index (χ3v) is 4.36. The fraction of sp³-hybridized carbons (Fsp3) is 0.923. The molecule has 4 nitrogen and oxygen atoms in total. The summed E-state index contributed by atoms with van der Waals surface area (Å²) in [5, 5.41) is 6.61. The maximum atomic E-state index is 11.5. The van der Waals surface area contributed by atoms with Crippen LogP contribution in [0.1, 0.15) is 32.1 Å². The van der Waals surface area contributed by atoms with Crippen LogP contribution in [-0.4, -0.2) is 49.1 Å². The second kappa shape index (κ2) is 4.94. The summed E-state index contributed by atoms with van der Waals surface area (Å²) in [6, 6.07) is 1.13. The molecular weight excluding hydrogens is 214 g/mol. The topological polar surface area (TPSA) is 44.4 Å². The minimum absolute atomic E-state index is 0.223. The fourth-order valence-corrected chi connectivity index (χ4v) is 3.09. The van der Waals surface area contributed by atoms with Crippen LogP contribution >= 0.6 is 0 Å². The Kier molecular flexibility index (Phi) is 3.34. The van der Waals surface area contributed by atoms with Crippen LogP contribution in [0.15, 0.2) is 0 Å². The van der Waals surface area contributed by atoms with E-state index >= 15 is 0 Å². The number of amides is 1. The van der Waals surface area contributed by atoms with Gasteiger partial charge in [0.15, 0.2) is 0 Å². The van der Waals surface area contributed by atoms with Crippen LogP contribution in [0.25, 0.3) is 0 Å². The van der Waals surface area contributed by atoms with Crippen molar-refractivity contribution in [3.8, 4) is 0 Å². The third kappa shape index (κ3) is 2.99. The number of carbonyl (C=O) groups is 1. The van der Waals surface area contributed by atoms with Crippen LogP contribution in [-0.2, 0) is 4.79 Å². The lowest BCUT2D eigenvalue weighted by Gasteiger charge is -2.45. The number of hydrogen-bond acceptors (Lipinski definition) is 3. The summed E-state index contributed by atoms with van der Waals surface area (Å²) in [4.78, 5) is 14.1. The third-order valence-electron chi connectivity index (χ3n) is 4.36. The van der Waals surface area contributed by atoms with E-state index < -0.39 is 0 Å². The van der Waals surface area contributed by atoms with Gasteiger partial charge in [-0.2, -0.15) is 0 Å². The first-order valence-electron chi connectivity index (χ1n) is 7.06. The molecule has 3 heterocycles. The SMILES string of the molecule is O=C(CCNC1CN2CCC1CC2)NC1CC1. The molecule has 1 saturated carbocycles. The lowest BCUT2D eigenvalue weighted by molar-refractivity contribution is -0.121. The number of hydrogen-bond donors (Lipinski definition) is 2. The molecule has 4 rings (SSSR count). The van der Waals surface area contributed by atoms with Crippen LogP contribution < -0.4 is 10.6 Å². The zero-order valence-corrected chi connectivity index (χ0v) is 10.5. The molecule has 4 aliphatic rings. The maximum absolute atomic E-state index is 11.5. The van der Waals surface area contributed by atoms with Gasteiger partial charge in [0.2, 0.25) is 5.91 Å². The molecule has 2 bridgehead atoms. The second-order valence-electron chi connectivity index (χ2n) is 5.79. The second-order valence-corrected chi connectivity index (χ2v) is 5.79. The Morgan fingerprint density at radius 1 is 1.18 bits per heavy atom. The van der Waals surface area contributed by atoms with Crippen LogP contribution in [0.2, 0.25) is 0 Å². The molecular formula is C13H23N3O. The van der Waals surface area contributed by atoms with Gasteiger partial charge in [-0.05, 0) is 44.7 Å². The molecule has 3 aliphatic heterocycles. The van der Waals surface area contributed by atoms with Gasteiger partial charge in [-0.1, -0.05) is 0 Å². The summed E-state index contributed by atoms with van der Waals surface area (Å²) in [6.07, 6.45) is 5.68. The van der Waals surface area contributed by atoms with Crippen molar-refractivity contribution in [2.24, 2.45) is 5.92 Å². The predicted molar refractivity (Wildman–Crippen MR) is 66.7 cm³/mol. The number of carbonyl (C=O) groups excluding carboxylic acids is 1. The van der Waals surface area contributed by atoms with E-state index in [1.54, 1.807) is 0 Å². The largest absolute Gasteiger partial charge is 0.353 e. The lowest BCUT2D eigenvalue weighted by atomic mass is 9.84. The Bertz CT molecular complexity index is 282. The van der Waals surface area contributed by atoms with Crippen molar-refractivity contribution in [3.05, 3.63) is 0 Å². The van der Waals surface area contributed by atoms with Gasteiger partial charge in [0.25, 0.3) is 0 Å². The predicted octanol–water partition coefficient (Wildman–Crippen LogP) is 0.339. The number of piperidine rings is 3. The average Bonchev–Trinajstić information content (AvgIpc) is 3.14. The fourth-order valence-electron chi connectivity index (χ4n) is 3.09. The smallest absolute Gasteiger partial charge is 0.221 e. The van der Waals surface area contributed by atoms with Gasteiger partial charge < -0.3 is 15.5 Å². The highest BCUT2D eigenvalue weighted by Gasteiger charge is 2.33. The van der Waals surface area contributed by atoms with Crippen LogP contribution in [0.4, 0.5) is 0 Å². The van der Waals surface area contributed by atoms with Crippen molar-refractivity contribution in [2.75, 3.05) is 26.2 Å². The highest BCUT2D eigenvalue weighted by molar-refractivity contribution is 5.76. The van der Waals surface area contributed by atoms with E-state index in [1.807, 2.05) is 0 Å². The van der Waals surface area contributed by atoms with E-state index in [0.717, 1.165) is 12.5 Å². The first-order valence-corrected chi connectivity index (χ1v) is 7.06. The summed E-state index contributed by atoms with van der Waals surface area (Å²) in [7, 11) is 0. The summed E-state index contributed by atoms with van der Waals surface area (Å²) >= 11 is 0. The van der Waals surface area contributed by atoms with Crippen molar-refractivity contribution in [3.63, 3.8) is 0 Å².